The fraction of sp³-hybridized carbons (Fsp3) is 0.577. The molecule has 0 radical (unpaired) electrons. The summed E-state index contributed by atoms with van der Waals surface area (Å²) in [5, 5.41) is 15.2. The van der Waals surface area contributed by atoms with Crippen molar-refractivity contribution in [2.24, 2.45) is 5.41 Å². The van der Waals surface area contributed by atoms with Gasteiger partial charge in [-0.25, -0.2) is 4.79 Å². The summed E-state index contributed by atoms with van der Waals surface area (Å²) in [7, 11) is 3.35. The minimum Gasteiger partial charge on any atom is -0.478 e. The van der Waals surface area contributed by atoms with E-state index in [9.17, 15) is 14.4 Å². The average Bonchev–Trinajstić information content (AvgIpc) is 2.67. The van der Waals surface area contributed by atoms with Crippen LogP contribution in [0.3, 0.4) is 0 Å². The first kappa shape index (κ1) is 28.4. The fourth-order valence-corrected chi connectivity index (χ4v) is 3.88. The molecule has 0 bridgehead atoms. The fourth-order valence-electron chi connectivity index (χ4n) is 3.88. The van der Waals surface area contributed by atoms with Gasteiger partial charge in [-0.1, -0.05) is 70.0 Å². The molecule has 0 aliphatic rings. The number of carbonyl (C=O) groups excluding carboxylic acids is 2. The Morgan fingerprint density at radius 1 is 1.03 bits per heavy atom. The lowest BCUT2D eigenvalue weighted by Crippen LogP contribution is -2.60. The number of amides is 2. The van der Waals surface area contributed by atoms with Crippen LogP contribution in [-0.4, -0.2) is 60.5 Å². The molecule has 184 valence electrons. The topological polar surface area (TPSA) is 98.7 Å². The Bertz CT molecular complexity index is 892. The number of benzene rings is 1. The Labute approximate surface area is 198 Å². The van der Waals surface area contributed by atoms with E-state index in [2.05, 4.69) is 28.8 Å². The Kier molecular flexibility index (Phi) is 9.43. The second-order valence-corrected chi connectivity index (χ2v) is 10.5. The molecule has 2 atom stereocenters. The van der Waals surface area contributed by atoms with E-state index in [1.165, 1.54) is 17.9 Å². The minimum absolute atomic E-state index is 0.142. The molecular formula is C26H41N3O4. The van der Waals surface area contributed by atoms with Crippen LogP contribution < -0.4 is 10.6 Å². The molecule has 0 saturated heterocycles. The lowest BCUT2D eigenvalue weighted by Gasteiger charge is -2.38. The molecule has 2 amide bonds. The number of carbonyl (C=O) groups is 3. The molecule has 1 aromatic rings. The Hall–Kier alpha value is -2.67. The maximum atomic E-state index is 13.5. The predicted octanol–water partition coefficient (Wildman–Crippen LogP) is 3.19. The summed E-state index contributed by atoms with van der Waals surface area (Å²) < 4.78 is 0. The van der Waals surface area contributed by atoms with Crippen LogP contribution in [0.25, 0.3) is 0 Å². The number of carboxylic acid groups (broad SMARTS) is 1. The van der Waals surface area contributed by atoms with Gasteiger partial charge in [-0.3, -0.25) is 9.59 Å². The number of hydrogen-bond acceptors (Lipinski definition) is 4. The molecular weight excluding hydrogens is 418 g/mol. The number of rotatable bonds is 9. The molecule has 0 spiro atoms. The van der Waals surface area contributed by atoms with Gasteiger partial charge in [0.05, 0.1) is 6.04 Å². The summed E-state index contributed by atoms with van der Waals surface area (Å²) >= 11 is 0. The third-order valence-corrected chi connectivity index (χ3v) is 6.02. The summed E-state index contributed by atoms with van der Waals surface area (Å²) in [6.45, 7) is 15.4. The van der Waals surface area contributed by atoms with Crippen LogP contribution in [0.15, 0.2) is 29.8 Å². The van der Waals surface area contributed by atoms with Gasteiger partial charge in [0.1, 0.15) is 6.04 Å². The number of nitrogens with one attached hydrogen (secondary N) is 2. The Morgan fingerprint density at radius 3 is 1.97 bits per heavy atom. The second kappa shape index (κ2) is 11.0. The molecule has 7 nitrogen and oxygen atoms in total. The monoisotopic (exact) mass is 459 g/mol. The van der Waals surface area contributed by atoms with Crippen LogP contribution in [-0.2, 0) is 19.8 Å². The van der Waals surface area contributed by atoms with Gasteiger partial charge >= 0.3 is 5.97 Å². The second-order valence-electron chi connectivity index (χ2n) is 10.5. The van der Waals surface area contributed by atoms with E-state index in [-0.39, 0.29) is 23.9 Å². The van der Waals surface area contributed by atoms with E-state index in [1.807, 2.05) is 48.5 Å². The third-order valence-electron chi connectivity index (χ3n) is 6.02. The maximum absolute atomic E-state index is 13.5. The number of hydrogen-bond donors (Lipinski definition) is 3. The van der Waals surface area contributed by atoms with Crippen LogP contribution in [0, 0.1) is 19.3 Å². The normalized spacial score (nSPS) is 14.4. The summed E-state index contributed by atoms with van der Waals surface area (Å²) in [6, 6.07) is 4.91. The minimum atomic E-state index is -1.03. The van der Waals surface area contributed by atoms with Crippen molar-refractivity contribution >= 4 is 17.8 Å². The van der Waals surface area contributed by atoms with E-state index in [4.69, 9.17) is 5.11 Å². The molecule has 0 heterocycles. The van der Waals surface area contributed by atoms with Crippen molar-refractivity contribution < 1.29 is 19.5 Å². The summed E-state index contributed by atoms with van der Waals surface area (Å²) in [6.07, 6.45) is 1.49. The van der Waals surface area contributed by atoms with Gasteiger partial charge in [-0.15, -0.1) is 0 Å². The van der Waals surface area contributed by atoms with E-state index >= 15 is 0 Å². The zero-order valence-corrected chi connectivity index (χ0v) is 21.8. The highest BCUT2D eigenvalue weighted by molar-refractivity contribution is 5.91. The highest BCUT2D eigenvalue weighted by Gasteiger charge is 2.40. The number of aliphatic carboxylic acids is 1. The number of carboxylic acids is 1. The Morgan fingerprint density at radius 2 is 1.55 bits per heavy atom. The van der Waals surface area contributed by atoms with Crippen molar-refractivity contribution in [3.8, 4) is 0 Å². The van der Waals surface area contributed by atoms with Crippen LogP contribution in [0.4, 0.5) is 0 Å². The molecule has 1 unspecified atom stereocenters. The zero-order valence-electron chi connectivity index (χ0n) is 21.8. The molecule has 0 saturated carbocycles. The molecule has 1 rings (SSSR count). The molecule has 3 N–H and O–H groups in total. The zero-order chi connectivity index (χ0) is 25.7. The van der Waals surface area contributed by atoms with Crippen molar-refractivity contribution in [3.05, 3.63) is 46.5 Å². The molecule has 7 heteroatoms. The van der Waals surface area contributed by atoms with Crippen LogP contribution in [0.2, 0.25) is 0 Å². The quantitative estimate of drug-likeness (QED) is 0.493. The van der Waals surface area contributed by atoms with E-state index < -0.39 is 28.9 Å². The number of nitrogens with zero attached hydrogens (tertiary/aromatic N) is 1. The SMILES string of the molecule is CN[C@H](C(=O)NC(C(=O)N(C)C/C=C(\C)C(=O)O)C(C)(C)C)C(C)(C)c1cc(C)cc(C)c1. The van der Waals surface area contributed by atoms with Crippen molar-refractivity contribution in [1.29, 1.82) is 0 Å². The van der Waals surface area contributed by atoms with Gasteiger partial charge in [0, 0.05) is 24.6 Å². The third kappa shape index (κ3) is 7.42. The largest absolute Gasteiger partial charge is 0.478 e. The first-order chi connectivity index (χ1) is 15.0. The maximum Gasteiger partial charge on any atom is 0.331 e. The van der Waals surface area contributed by atoms with Gasteiger partial charge in [0.2, 0.25) is 11.8 Å². The first-order valence-corrected chi connectivity index (χ1v) is 11.2. The smallest absolute Gasteiger partial charge is 0.331 e. The van der Waals surface area contributed by atoms with E-state index in [1.54, 1.807) is 14.1 Å². The number of likely N-dealkylation sites (N-methyl/N-ethyl adjacent to an activating group) is 2. The van der Waals surface area contributed by atoms with Crippen molar-refractivity contribution in [2.75, 3.05) is 20.6 Å². The molecule has 0 aliphatic carbocycles. The van der Waals surface area contributed by atoms with Gasteiger partial charge in [0.15, 0.2) is 0 Å². The number of aryl methyl sites for hydroxylation is 2. The Balaban J connectivity index is 3.19. The van der Waals surface area contributed by atoms with Crippen molar-refractivity contribution in [1.82, 2.24) is 15.5 Å². The van der Waals surface area contributed by atoms with Gasteiger partial charge in [0.25, 0.3) is 0 Å². The standard InChI is InChI=1S/C26H41N3O4/c1-16-13-17(2)15-19(14-16)26(7,8)20(27-9)22(30)28-21(25(4,5)6)23(31)29(10)12-11-18(3)24(32)33/h11,13-15,20-21,27H,12H2,1-10H3,(H,28,30)(H,32,33)/b18-11+/t20-,21?/m1/s1. The first-order valence-electron chi connectivity index (χ1n) is 11.2. The molecule has 0 fully saturated rings. The van der Waals surface area contributed by atoms with Crippen LogP contribution in [0.1, 0.15) is 58.2 Å². The molecule has 33 heavy (non-hydrogen) atoms. The van der Waals surface area contributed by atoms with Crippen LogP contribution >= 0.6 is 0 Å². The van der Waals surface area contributed by atoms with Gasteiger partial charge in [-0.2, -0.15) is 0 Å². The van der Waals surface area contributed by atoms with E-state index in [0.29, 0.717) is 0 Å². The highest BCUT2D eigenvalue weighted by atomic mass is 16.4. The molecule has 0 aliphatic heterocycles. The van der Waals surface area contributed by atoms with Gasteiger partial charge in [-0.05, 0) is 38.8 Å². The molecule has 1 aromatic carbocycles. The van der Waals surface area contributed by atoms with Crippen LogP contribution in [0.5, 0.6) is 0 Å². The summed E-state index contributed by atoms with van der Waals surface area (Å²) in [5.74, 6) is -1.56. The van der Waals surface area contributed by atoms with Crippen molar-refractivity contribution in [2.45, 2.75) is 72.9 Å². The van der Waals surface area contributed by atoms with Gasteiger partial charge < -0.3 is 20.6 Å². The lowest BCUT2D eigenvalue weighted by atomic mass is 9.76. The summed E-state index contributed by atoms with van der Waals surface area (Å²) in [4.78, 5) is 39.2. The summed E-state index contributed by atoms with van der Waals surface area (Å²) in [5.41, 5.74) is 2.38. The average molecular weight is 460 g/mol. The lowest BCUT2D eigenvalue weighted by molar-refractivity contribution is -0.139. The predicted molar refractivity (Wildman–Crippen MR) is 132 cm³/mol. The highest BCUT2D eigenvalue weighted by Crippen LogP contribution is 2.30. The van der Waals surface area contributed by atoms with E-state index in [0.717, 1.165) is 16.7 Å². The van der Waals surface area contributed by atoms with Crippen molar-refractivity contribution in [3.63, 3.8) is 0 Å². The molecule has 0 aromatic heterocycles.